The summed E-state index contributed by atoms with van der Waals surface area (Å²) in [6, 6.07) is 4.65. The highest BCUT2D eigenvalue weighted by Gasteiger charge is 2.39. The molecule has 0 spiro atoms. The van der Waals surface area contributed by atoms with Crippen LogP contribution in [0.2, 0.25) is 0 Å². The van der Waals surface area contributed by atoms with Gasteiger partial charge in [0, 0.05) is 24.2 Å². The lowest BCUT2D eigenvalue weighted by Crippen LogP contribution is -2.46. The smallest absolute Gasteiger partial charge is 0.338 e. The first-order valence-corrected chi connectivity index (χ1v) is 8.08. The van der Waals surface area contributed by atoms with Crippen molar-refractivity contribution < 1.29 is 14.6 Å². The topological polar surface area (TPSA) is 70.6 Å². The number of hydrogen-bond donors (Lipinski definition) is 3. The minimum absolute atomic E-state index is 0. The standard InChI is InChI=1S/C17H22N2O3.ClH/c1-9-11(2-3-12-13(9)8-22-17(12)21)16(20)7-19-15-5-10-4-14(15)18-6-10;/h2-3,10,14-16,18-20H,4-8H2,1H3;1H/t10?,14?,15-,16-;/m0./s1. The van der Waals surface area contributed by atoms with Crippen LogP contribution in [0.5, 0.6) is 0 Å². The average Bonchev–Trinajstić information content (AvgIpc) is 3.21. The molecule has 1 aliphatic carbocycles. The zero-order valence-electron chi connectivity index (χ0n) is 13.2. The lowest BCUT2D eigenvalue weighted by Gasteiger charge is -2.26. The van der Waals surface area contributed by atoms with Crippen LogP contribution in [-0.4, -0.2) is 36.2 Å². The van der Waals surface area contributed by atoms with Crippen LogP contribution in [0.4, 0.5) is 0 Å². The Morgan fingerprint density at radius 1 is 1.43 bits per heavy atom. The van der Waals surface area contributed by atoms with Gasteiger partial charge in [-0.25, -0.2) is 4.79 Å². The summed E-state index contributed by atoms with van der Waals surface area (Å²) in [7, 11) is 0. The molecule has 1 aromatic carbocycles. The van der Waals surface area contributed by atoms with Crippen molar-refractivity contribution in [2.45, 2.75) is 44.6 Å². The third-order valence-electron chi connectivity index (χ3n) is 5.47. The van der Waals surface area contributed by atoms with Crippen LogP contribution in [0.1, 0.15) is 46.0 Å². The maximum atomic E-state index is 11.6. The molecule has 2 heterocycles. The van der Waals surface area contributed by atoms with Crippen LogP contribution in [-0.2, 0) is 11.3 Å². The average molecular weight is 339 g/mol. The predicted molar refractivity (Wildman–Crippen MR) is 88.8 cm³/mol. The maximum absolute atomic E-state index is 11.6. The number of benzene rings is 1. The van der Waals surface area contributed by atoms with E-state index in [2.05, 4.69) is 10.6 Å². The Balaban J connectivity index is 0.00000156. The van der Waals surface area contributed by atoms with E-state index in [1.165, 1.54) is 12.8 Å². The summed E-state index contributed by atoms with van der Waals surface area (Å²) in [4.78, 5) is 11.6. The number of piperidine rings is 1. The number of aliphatic hydroxyl groups is 1. The molecule has 0 aromatic heterocycles. The normalized spacial score (nSPS) is 29.1. The van der Waals surface area contributed by atoms with E-state index in [4.69, 9.17) is 4.74 Å². The van der Waals surface area contributed by atoms with E-state index >= 15 is 0 Å². The van der Waals surface area contributed by atoms with Crippen molar-refractivity contribution in [1.82, 2.24) is 10.6 Å². The first kappa shape index (κ1) is 16.7. The van der Waals surface area contributed by atoms with Crippen LogP contribution < -0.4 is 10.6 Å². The number of rotatable bonds is 4. The number of carbonyl (C=O) groups is 1. The number of ether oxygens (including phenoxy) is 1. The molecule has 2 bridgehead atoms. The fraction of sp³-hybridized carbons (Fsp3) is 0.588. The summed E-state index contributed by atoms with van der Waals surface area (Å²) in [5.41, 5.74) is 3.42. The predicted octanol–water partition coefficient (Wildman–Crippen LogP) is 1.46. The number of halogens is 1. The molecule has 126 valence electrons. The Hall–Kier alpha value is -1.14. The summed E-state index contributed by atoms with van der Waals surface area (Å²) in [6.45, 7) is 3.97. The van der Waals surface area contributed by atoms with Crippen molar-refractivity contribution in [1.29, 1.82) is 0 Å². The molecule has 2 fully saturated rings. The highest BCUT2D eigenvalue weighted by Crippen LogP contribution is 2.32. The third kappa shape index (κ3) is 2.87. The van der Waals surface area contributed by atoms with Gasteiger partial charge in [0.05, 0.1) is 11.7 Å². The van der Waals surface area contributed by atoms with Gasteiger partial charge >= 0.3 is 5.97 Å². The highest BCUT2D eigenvalue weighted by atomic mass is 35.5. The summed E-state index contributed by atoms with van der Waals surface area (Å²) in [5.74, 6) is 0.537. The minimum atomic E-state index is -0.555. The molecule has 5 nitrogen and oxygen atoms in total. The number of aliphatic hydroxyl groups excluding tert-OH is 1. The molecule has 1 saturated heterocycles. The molecule has 0 amide bonds. The molecule has 3 aliphatic rings. The zero-order chi connectivity index (χ0) is 15.3. The number of cyclic esters (lactones) is 1. The van der Waals surface area contributed by atoms with E-state index in [9.17, 15) is 9.90 Å². The Morgan fingerprint density at radius 2 is 2.26 bits per heavy atom. The second-order valence-electron chi connectivity index (χ2n) is 6.76. The molecule has 6 heteroatoms. The Labute approximate surface area is 142 Å². The largest absolute Gasteiger partial charge is 0.457 e. The Morgan fingerprint density at radius 3 is 2.96 bits per heavy atom. The number of esters is 1. The lowest BCUT2D eigenvalue weighted by molar-refractivity contribution is 0.0535. The summed E-state index contributed by atoms with van der Waals surface area (Å²) < 4.78 is 5.07. The van der Waals surface area contributed by atoms with Gasteiger partial charge in [-0.3, -0.25) is 0 Å². The van der Waals surface area contributed by atoms with Crippen molar-refractivity contribution in [2.24, 2.45) is 5.92 Å². The van der Waals surface area contributed by atoms with Gasteiger partial charge < -0.3 is 20.5 Å². The fourth-order valence-corrected chi connectivity index (χ4v) is 4.18. The lowest BCUT2D eigenvalue weighted by atomic mass is 9.95. The molecule has 1 aromatic rings. The third-order valence-corrected chi connectivity index (χ3v) is 5.47. The zero-order valence-corrected chi connectivity index (χ0v) is 14.0. The van der Waals surface area contributed by atoms with E-state index in [1.807, 2.05) is 13.0 Å². The molecule has 4 atom stereocenters. The first-order valence-electron chi connectivity index (χ1n) is 8.08. The van der Waals surface area contributed by atoms with E-state index in [-0.39, 0.29) is 18.4 Å². The molecular formula is C17H23ClN2O3. The van der Waals surface area contributed by atoms with E-state index < -0.39 is 6.10 Å². The van der Waals surface area contributed by atoms with Gasteiger partial charge in [0.15, 0.2) is 0 Å². The van der Waals surface area contributed by atoms with Gasteiger partial charge in [-0.1, -0.05) is 6.07 Å². The molecule has 2 unspecified atom stereocenters. The van der Waals surface area contributed by atoms with E-state index in [0.29, 0.717) is 30.8 Å². The SMILES string of the molecule is Cc1c([C@@H](O)CN[C@H]2CC3CNC2C3)ccc2c1COC2=O.Cl. The monoisotopic (exact) mass is 338 g/mol. The van der Waals surface area contributed by atoms with Crippen molar-refractivity contribution in [3.63, 3.8) is 0 Å². The first-order chi connectivity index (χ1) is 10.6. The van der Waals surface area contributed by atoms with E-state index in [1.54, 1.807) is 6.07 Å². The highest BCUT2D eigenvalue weighted by molar-refractivity contribution is 5.93. The van der Waals surface area contributed by atoms with Gasteiger partial charge in [0.2, 0.25) is 0 Å². The van der Waals surface area contributed by atoms with Crippen LogP contribution >= 0.6 is 12.4 Å². The second-order valence-corrected chi connectivity index (χ2v) is 6.76. The van der Waals surface area contributed by atoms with Crippen molar-refractivity contribution in [3.05, 3.63) is 34.4 Å². The number of hydrogen-bond acceptors (Lipinski definition) is 5. The van der Waals surface area contributed by atoms with Gasteiger partial charge in [-0.15, -0.1) is 12.4 Å². The number of fused-ring (bicyclic) bond motifs is 3. The van der Waals surface area contributed by atoms with Crippen LogP contribution in [0.25, 0.3) is 0 Å². The van der Waals surface area contributed by atoms with Gasteiger partial charge in [-0.05, 0) is 49.4 Å². The quantitative estimate of drug-likeness (QED) is 0.725. The second kappa shape index (κ2) is 6.40. The summed E-state index contributed by atoms with van der Waals surface area (Å²) >= 11 is 0. The summed E-state index contributed by atoms with van der Waals surface area (Å²) in [6.07, 6.45) is 1.90. The van der Waals surface area contributed by atoms with Gasteiger partial charge in [-0.2, -0.15) is 0 Å². The Bertz CT molecular complexity index is 622. The van der Waals surface area contributed by atoms with Crippen molar-refractivity contribution >= 4 is 18.4 Å². The van der Waals surface area contributed by atoms with Crippen LogP contribution in [0, 0.1) is 12.8 Å². The van der Waals surface area contributed by atoms with Crippen LogP contribution in [0.15, 0.2) is 12.1 Å². The fourth-order valence-electron chi connectivity index (χ4n) is 4.18. The minimum Gasteiger partial charge on any atom is -0.457 e. The number of nitrogens with one attached hydrogen (secondary N) is 2. The molecule has 0 radical (unpaired) electrons. The van der Waals surface area contributed by atoms with Gasteiger partial charge in [0.1, 0.15) is 6.61 Å². The molecular weight excluding hydrogens is 316 g/mol. The molecule has 23 heavy (non-hydrogen) atoms. The van der Waals surface area contributed by atoms with Gasteiger partial charge in [0.25, 0.3) is 0 Å². The Kier molecular flexibility index (Phi) is 4.65. The van der Waals surface area contributed by atoms with Crippen molar-refractivity contribution in [2.75, 3.05) is 13.1 Å². The summed E-state index contributed by atoms with van der Waals surface area (Å²) in [5, 5.41) is 17.5. The molecule has 1 saturated carbocycles. The number of carbonyl (C=O) groups excluding carboxylic acids is 1. The van der Waals surface area contributed by atoms with Crippen LogP contribution in [0.3, 0.4) is 0 Å². The molecule has 2 aliphatic heterocycles. The van der Waals surface area contributed by atoms with E-state index in [0.717, 1.165) is 29.2 Å². The molecule has 3 N–H and O–H groups in total. The maximum Gasteiger partial charge on any atom is 0.338 e. The molecule has 4 rings (SSSR count). The van der Waals surface area contributed by atoms with Crippen molar-refractivity contribution in [3.8, 4) is 0 Å².